The molecule has 3 aromatic carbocycles. The first-order valence-electron chi connectivity index (χ1n) is 11.9. The Balaban J connectivity index is 1.44. The number of aromatic nitrogens is 1. The van der Waals surface area contributed by atoms with E-state index in [2.05, 4.69) is 0 Å². The molecule has 1 aliphatic heterocycles. The van der Waals surface area contributed by atoms with E-state index in [1.54, 1.807) is 28.5 Å². The molecule has 2 amide bonds. The molecule has 1 aliphatic rings. The van der Waals surface area contributed by atoms with E-state index in [0.717, 1.165) is 11.6 Å². The van der Waals surface area contributed by atoms with Gasteiger partial charge in [-0.15, -0.1) is 0 Å². The van der Waals surface area contributed by atoms with Crippen molar-refractivity contribution in [1.29, 1.82) is 0 Å². The number of benzene rings is 3. The first-order chi connectivity index (χ1) is 17.8. The number of halogens is 3. The fourth-order valence-electron chi connectivity index (χ4n) is 4.71. The van der Waals surface area contributed by atoms with Crippen LogP contribution in [0.4, 0.5) is 13.2 Å². The van der Waals surface area contributed by atoms with Crippen molar-refractivity contribution < 1.29 is 22.8 Å². The summed E-state index contributed by atoms with van der Waals surface area (Å²) in [4.78, 5) is 29.5. The SMILES string of the molecule is Cc1c(C(=O)N2CCN(C(=O)c3ccccc3F)CC2)cc(-c2ccccc2)n1-c1ccc(F)cc1F. The average Bonchev–Trinajstić information content (AvgIpc) is 3.25. The van der Waals surface area contributed by atoms with E-state index in [4.69, 9.17) is 0 Å². The van der Waals surface area contributed by atoms with E-state index >= 15 is 0 Å². The lowest BCUT2D eigenvalue weighted by Gasteiger charge is -2.35. The van der Waals surface area contributed by atoms with E-state index in [1.807, 2.05) is 30.3 Å². The van der Waals surface area contributed by atoms with E-state index < -0.39 is 23.4 Å². The molecule has 8 heteroatoms. The molecule has 0 N–H and O–H groups in total. The summed E-state index contributed by atoms with van der Waals surface area (Å²) < 4.78 is 44.2. The van der Waals surface area contributed by atoms with Crippen LogP contribution in [0.2, 0.25) is 0 Å². The Morgan fingerprint density at radius 1 is 0.676 bits per heavy atom. The summed E-state index contributed by atoms with van der Waals surface area (Å²) in [7, 11) is 0. The topological polar surface area (TPSA) is 45.6 Å². The Hall–Kier alpha value is -4.33. The van der Waals surface area contributed by atoms with Gasteiger partial charge < -0.3 is 14.4 Å². The molecule has 0 bridgehead atoms. The molecule has 4 aromatic rings. The Morgan fingerprint density at radius 3 is 1.89 bits per heavy atom. The van der Waals surface area contributed by atoms with Gasteiger partial charge in [0.15, 0.2) is 0 Å². The molecule has 0 radical (unpaired) electrons. The van der Waals surface area contributed by atoms with Crippen molar-refractivity contribution in [2.24, 2.45) is 0 Å². The van der Waals surface area contributed by atoms with Crippen LogP contribution in [0.25, 0.3) is 16.9 Å². The summed E-state index contributed by atoms with van der Waals surface area (Å²) in [5.41, 5.74) is 2.41. The van der Waals surface area contributed by atoms with E-state index in [1.165, 1.54) is 35.2 Å². The Bertz CT molecular complexity index is 1480. The summed E-state index contributed by atoms with van der Waals surface area (Å²) in [5, 5.41) is 0. The van der Waals surface area contributed by atoms with Gasteiger partial charge in [0.25, 0.3) is 11.8 Å². The minimum absolute atomic E-state index is 0.00373. The molecule has 37 heavy (non-hydrogen) atoms. The number of hydrogen-bond acceptors (Lipinski definition) is 2. The second-order valence-electron chi connectivity index (χ2n) is 8.89. The van der Waals surface area contributed by atoms with Crippen molar-refractivity contribution in [3.05, 3.63) is 113 Å². The third-order valence-electron chi connectivity index (χ3n) is 6.66. The average molecular weight is 504 g/mol. The van der Waals surface area contributed by atoms with Crippen LogP contribution < -0.4 is 0 Å². The number of hydrogen-bond donors (Lipinski definition) is 0. The minimum Gasteiger partial charge on any atom is -0.335 e. The number of amides is 2. The summed E-state index contributed by atoms with van der Waals surface area (Å²) >= 11 is 0. The van der Waals surface area contributed by atoms with Crippen LogP contribution in [0.5, 0.6) is 0 Å². The van der Waals surface area contributed by atoms with Gasteiger partial charge in [0, 0.05) is 37.9 Å². The Morgan fingerprint density at radius 2 is 1.27 bits per heavy atom. The van der Waals surface area contributed by atoms with Crippen molar-refractivity contribution in [2.45, 2.75) is 6.92 Å². The molecule has 1 aromatic heterocycles. The summed E-state index contributed by atoms with van der Waals surface area (Å²) in [6.45, 7) is 2.79. The predicted octanol–water partition coefficient (Wildman–Crippen LogP) is 5.47. The highest BCUT2D eigenvalue weighted by Crippen LogP contribution is 2.31. The van der Waals surface area contributed by atoms with Gasteiger partial charge in [0.1, 0.15) is 17.5 Å². The number of carbonyl (C=O) groups is 2. The third kappa shape index (κ3) is 4.62. The van der Waals surface area contributed by atoms with Crippen molar-refractivity contribution in [3.8, 4) is 16.9 Å². The van der Waals surface area contributed by atoms with Gasteiger partial charge in [0.2, 0.25) is 0 Å². The molecule has 0 aliphatic carbocycles. The van der Waals surface area contributed by atoms with E-state index in [0.29, 0.717) is 17.0 Å². The summed E-state index contributed by atoms with van der Waals surface area (Å²) in [6.07, 6.45) is 0. The van der Waals surface area contributed by atoms with Crippen LogP contribution in [0.15, 0.2) is 78.9 Å². The molecule has 188 valence electrons. The lowest BCUT2D eigenvalue weighted by molar-refractivity contribution is 0.0532. The monoisotopic (exact) mass is 503 g/mol. The second kappa shape index (κ2) is 9.97. The van der Waals surface area contributed by atoms with Crippen molar-refractivity contribution in [1.82, 2.24) is 14.4 Å². The van der Waals surface area contributed by atoms with E-state index in [9.17, 15) is 22.8 Å². The fourth-order valence-corrected chi connectivity index (χ4v) is 4.71. The maximum Gasteiger partial charge on any atom is 0.256 e. The normalized spacial score (nSPS) is 13.6. The molecule has 2 heterocycles. The van der Waals surface area contributed by atoms with Crippen LogP contribution in [0, 0.1) is 24.4 Å². The zero-order chi connectivity index (χ0) is 26.1. The Labute approximate surface area is 212 Å². The highest BCUT2D eigenvalue weighted by molar-refractivity contribution is 5.98. The number of rotatable bonds is 4. The fraction of sp³-hybridized carbons (Fsp3) is 0.172. The van der Waals surface area contributed by atoms with Gasteiger partial charge in [-0.1, -0.05) is 42.5 Å². The maximum atomic E-state index is 14.8. The van der Waals surface area contributed by atoms with Gasteiger partial charge in [0.05, 0.1) is 22.5 Å². The number of nitrogens with zero attached hydrogens (tertiary/aromatic N) is 3. The summed E-state index contributed by atoms with van der Waals surface area (Å²) in [6, 6.07) is 20.1. The number of carbonyl (C=O) groups excluding carboxylic acids is 2. The van der Waals surface area contributed by atoms with Gasteiger partial charge in [-0.3, -0.25) is 9.59 Å². The zero-order valence-electron chi connectivity index (χ0n) is 20.1. The largest absolute Gasteiger partial charge is 0.335 e. The minimum atomic E-state index is -0.741. The van der Waals surface area contributed by atoms with Crippen molar-refractivity contribution in [2.75, 3.05) is 26.2 Å². The molecule has 1 fully saturated rings. The van der Waals surface area contributed by atoms with Gasteiger partial charge >= 0.3 is 0 Å². The second-order valence-corrected chi connectivity index (χ2v) is 8.89. The van der Waals surface area contributed by atoms with Crippen LogP contribution in [-0.2, 0) is 0 Å². The molecular formula is C29H24F3N3O2. The lowest BCUT2D eigenvalue weighted by Crippen LogP contribution is -2.50. The van der Waals surface area contributed by atoms with Crippen LogP contribution in [0.1, 0.15) is 26.4 Å². The van der Waals surface area contributed by atoms with Crippen LogP contribution in [0.3, 0.4) is 0 Å². The molecule has 0 unspecified atom stereocenters. The molecule has 0 atom stereocenters. The quantitative estimate of drug-likeness (QED) is 0.371. The van der Waals surface area contributed by atoms with Crippen LogP contribution in [-0.4, -0.2) is 52.4 Å². The highest BCUT2D eigenvalue weighted by atomic mass is 19.1. The molecule has 0 saturated carbocycles. The van der Waals surface area contributed by atoms with Gasteiger partial charge in [-0.2, -0.15) is 0 Å². The molecule has 1 saturated heterocycles. The van der Waals surface area contributed by atoms with Crippen molar-refractivity contribution >= 4 is 11.8 Å². The first kappa shape index (κ1) is 24.4. The maximum absolute atomic E-state index is 14.8. The zero-order valence-corrected chi connectivity index (χ0v) is 20.1. The van der Waals surface area contributed by atoms with Crippen molar-refractivity contribution in [3.63, 3.8) is 0 Å². The highest BCUT2D eigenvalue weighted by Gasteiger charge is 2.29. The smallest absolute Gasteiger partial charge is 0.256 e. The molecule has 5 nitrogen and oxygen atoms in total. The van der Waals surface area contributed by atoms with Gasteiger partial charge in [-0.05, 0) is 42.8 Å². The number of piperazine rings is 1. The standard InChI is InChI=1S/C29H24F3N3O2/c1-19-23(29(37)34-15-13-33(14-16-34)28(36)22-9-5-6-10-24(22)31)18-27(20-7-3-2-4-8-20)35(19)26-12-11-21(30)17-25(26)32/h2-12,17-18H,13-16H2,1H3. The van der Waals surface area contributed by atoms with Crippen LogP contribution >= 0.6 is 0 Å². The predicted molar refractivity (Wildman–Crippen MR) is 134 cm³/mol. The molecule has 0 spiro atoms. The van der Waals surface area contributed by atoms with Gasteiger partial charge in [-0.25, -0.2) is 13.2 Å². The van der Waals surface area contributed by atoms with E-state index in [-0.39, 0.29) is 43.3 Å². The first-order valence-corrected chi connectivity index (χ1v) is 11.9. The summed E-state index contributed by atoms with van der Waals surface area (Å²) in [5.74, 6) is -2.68. The molecule has 5 rings (SSSR count). The third-order valence-corrected chi connectivity index (χ3v) is 6.66. The lowest BCUT2D eigenvalue weighted by atomic mass is 10.1. The molecular weight excluding hydrogens is 479 g/mol. The Kier molecular flexibility index (Phi) is 6.56.